The van der Waals surface area contributed by atoms with Crippen LogP contribution in [0, 0.1) is 0 Å². The largest absolute Gasteiger partial charge is 0.354 e. The maximum Gasteiger partial charge on any atom is 0.129 e. The van der Waals surface area contributed by atoms with Gasteiger partial charge in [0, 0.05) is 24.8 Å². The van der Waals surface area contributed by atoms with Crippen molar-refractivity contribution in [2.75, 3.05) is 11.4 Å². The standard InChI is InChI=1S/C13H21N3/c1-3-12-5-4-8-16(12)13-9-11(10(2)14)6-7-15-13/h6-7,9-10,12H,3-5,8,14H2,1-2H3/t10-,12?/m1/s1. The number of nitrogens with two attached hydrogens (primary N) is 1. The van der Waals surface area contributed by atoms with Crippen molar-refractivity contribution < 1.29 is 0 Å². The van der Waals surface area contributed by atoms with Gasteiger partial charge in [-0.25, -0.2) is 4.98 Å². The highest BCUT2D eigenvalue weighted by atomic mass is 15.2. The van der Waals surface area contributed by atoms with Crippen molar-refractivity contribution in [1.29, 1.82) is 0 Å². The molecule has 0 radical (unpaired) electrons. The fraction of sp³-hybridized carbons (Fsp3) is 0.615. The van der Waals surface area contributed by atoms with Gasteiger partial charge in [0.05, 0.1) is 0 Å². The minimum Gasteiger partial charge on any atom is -0.354 e. The Labute approximate surface area is 97.7 Å². The Bertz CT molecular complexity index is 349. The molecule has 0 aromatic carbocycles. The van der Waals surface area contributed by atoms with E-state index < -0.39 is 0 Å². The topological polar surface area (TPSA) is 42.1 Å². The van der Waals surface area contributed by atoms with Crippen LogP contribution in [0.25, 0.3) is 0 Å². The van der Waals surface area contributed by atoms with Gasteiger partial charge in [-0.2, -0.15) is 0 Å². The van der Waals surface area contributed by atoms with Crippen molar-refractivity contribution in [3.63, 3.8) is 0 Å². The third kappa shape index (κ3) is 2.19. The Kier molecular flexibility index (Phi) is 3.44. The minimum atomic E-state index is 0.0874. The first-order valence-corrected chi connectivity index (χ1v) is 6.20. The molecule has 1 aromatic heterocycles. The van der Waals surface area contributed by atoms with Gasteiger partial charge in [-0.3, -0.25) is 0 Å². The van der Waals surface area contributed by atoms with E-state index in [9.17, 15) is 0 Å². The second kappa shape index (κ2) is 4.83. The number of pyridine rings is 1. The number of hydrogen-bond donors (Lipinski definition) is 1. The van der Waals surface area contributed by atoms with Crippen LogP contribution < -0.4 is 10.6 Å². The first kappa shape index (κ1) is 11.4. The smallest absolute Gasteiger partial charge is 0.129 e. The van der Waals surface area contributed by atoms with Crippen molar-refractivity contribution in [1.82, 2.24) is 4.98 Å². The Morgan fingerprint density at radius 2 is 2.44 bits per heavy atom. The Morgan fingerprint density at radius 3 is 3.12 bits per heavy atom. The van der Waals surface area contributed by atoms with E-state index in [4.69, 9.17) is 5.73 Å². The molecule has 1 aliphatic rings. The summed E-state index contributed by atoms with van der Waals surface area (Å²) in [7, 11) is 0. The fourth-order valence-corrected chi connectivity index (χ4v) is 2.44. The quantitative estimate of drug-likeness (QED) is 0.849. The molecular formula is C13H21N3. The molecule has 1 aromatic rings. The maximum atomic E-state index is 5.90. The van der Waals surface area contributed by atoms with Crippen LogP contribution in [0.5, 0.6) is 0 Å². The van der Waals surface area contributed by atoms with E-state index in [1.807, 2.05) is 19.2 Å². The number of anilines is 1. The molecule has 0 bridgehead atoms. The molecule has 1 fully saturated rings. The van der Waals surface area contributed by atoms with Crippen LogP contribution >= 0.6 is 0 Å². The molecule has 3 nitrogen and oxygen atoms in total. The Balaban J connectivity index is 2.22. The van der Waals surface area contributed by atoms with Crippen LogP contribution in [0.4, 0.5) is 5.82 Å². The third-order valence-corrected chi connectivity index (χ3v) is 3.44. The summed E-state index contributed by atoms with van der Waals surface area (Å²) in [5, 5.41) is 0. The second-order valence-corrected chi connectivity index (χ2v) is 4.63. The van der Waals surface area contributed by atoms with Gasteiger partial charge in [0.25, 0.3) is 0 Å². The lowest BCUT2D eigenvalue weighted by atomic mass is 10.1. The Morgan fingerprint density at radius 1 is 1.62 bits per heavy atom. The monoisotopic (exact) mass is 219 g/mol. The van der Waals surface area contributed by atoms with E-state index in [2.05, 4.69) is 22.9 Å². The lowest BCUT2D eigenvalue weighted by Crippen LogP contribution is -2.29. The summed E-state index contributed by atoms with van der Waals surface area (Å²) < 4.78 is 0. The molecule has 2 atom stereocenters. The molecule has 0 saturated carbocycles. The molecule has 2 rings (SSSR count). The van der Waals surface area contributed by atoms with E-state index in [1.54, 1.807) is 0 Å². The van der Waals surface area contributed by atoms with Crippen molar-refractivity contribution >= 4 is 5.82 Å². The number of nitrogens with zero attached hydrogens (tertiary/aromatic N) is 2. The molecule has 3 heteroatoms. The zero-order valence-electron chi connectivity index (χ0n) is 10.2. The summed E-state index contributed by atoms with van der Waals surface area (Å²) in [6.07, 6.45) is 5.65. The molecule has 0 spiro atoms. The van der Waals surface area contributed by atoms with Gasteiger partial charge < -0.3 is 10.6 Å². The molecular weight excluding hydrogens is 198 g/mol. The number of rotatable bonds is 3. The van der Waals surface area contributed by atoms with Crippen molar-refractivity contribution in [2.24, 2.45) is 5.73 Å². The highest BCUT2D eigenvalue weighted by Crippen LogP contribution is 2.26. The molecule has 1 aliphatic heterocycles. The summed E-state index contributed by atoms with van der Waals surface area (Å²) in [5.41, 5.74) is 7.08. The third-order valence-electron chi connectivity index (χ3n) is 3.44. The van der Waals surface area contributed by atoms with Crippen molar-refractivity contribution in [3.8, 4) is 0 Å². The first-order chi connectivity index (χ1) is 7.72. The van der Waals surface area contributed by atoms with Gasteiger partial charge in [0.15, 0.2) is 0 Å². The molecule has 0 aliphatic carbocycles. The van der Waals surface area contributed by atoms with Gasteiger partial charge in [-0.05, 0) is 43.9 Å². The van der Waals surface area contributed by atoms with Crippen molar-refractivity contribution in [2.45, 2.75) is 45.2 Å². The summed E-state index contributed by atoms with van der Waals surface area (Å²) in [4.78, 5) is 6.89. The number of aromatic nitrogens is 1. The second-order valence-electron chi connectivity index (χ2n) is 4.63. The molecule has 1 saturated heterocycles. The zero-order chi connectivity index (χ0) is 11.5. The fourth-order valence-electron chi connectivity index (χ4n) is 2.44. The highest BCUT2D eigenvalue weighted by molar-refractivity contribution is 5.43. The van der Waals surface area contributed by atoms with E-state index >= 15 is 0 Å². The summed E-state index contributed by atoms with van der Waals surface area (Å²) in [6, 6.07) is 4.89. The zero-order valence-corrected chi connectivity index (χ0v) is 10.2. The normalized spacial score (nSPS) is 22.4. The van der Waals surface area contributed by atoms with Crippen LogP contribution in [0.1, 0.15) is 44.7 Å². The Hall–Kier alpha value is -1.09. The predicted octanol–water partition coefficient (Wildman–Crippen LogP) is 2.48. The van der Waals surface area contributed by atoms with E-state index in [0.717, 1.165) is 12.4 Å². The minimum absolute atomic E-state index is 0.0874. The average Bonchev–Trinajstić information content (AvgIpc) is 2.77. The lowest BCUT2D eigenvalue weighted by molar-refractivity contribution is 0.639. The van der Waals surface area contributed by atoms with Crippen LogP contribution in [-0.2, 0) is 0 Å². The maximum absolute atomic E-state index is 5.90. The van der Waals surface area contributed by atoms with Gasteiger partial charge in [-0.1, -0.05) is 6.92 Å². The van der Waals surface area contributed by atoms with E-state index in [0.29, 0.717) is 6.04 Å². The summed E-state index contributed by atoms with van der Waals surface area (Å²) in [5.74, 6) is 1.10. The molecule has 0 amide bonds. The van der Waals surface area contributed by atoms with E-state index in [-0.39, 0.29) is 6.04 Å². The van der Waals surface area contributed by atoms with Crippen molar-refractivity contribution in [3.05, 3.63) is 23.9 Å². The predicted molar refractivity (Wildman–Crippen MR) is 67.5 cm³/mol. The van der Waals surface area contributed by atoms with Crippen LogP contribution in [0.2, 0.25) is 0 Å². The van der Waals surface area contributed by atoms with Gasteiger partial charge in [-0.15, -0.1) is 0 Å². The van der Waals surface area contributed by atoms with Crippen LogP contribution in [0.3, 0.4) is 0 Å². The van der Waals surface area contributed by atoms with Gasteiger partial charge >= 0.3 is 0 Å². The van der Waals surface area contributed by atoms with Crippen LogP contribution in [0.15, 0.2) is 18.3 Å². The molecule has 2 N–H and O–H groups in total. The van der Waals surface area contributed by atoms with Gasteiger partial charge in [0.1, 0.15) is 5.82 Å². The first-order valence-electron chi connectivity index (χ1n) is 6.20. The highest BCUT2D eigenvalue weighted by Gasteiger charge is 2.24. The van der Waals surface area contributed by atoms with E-state index in [1.165, 1.54) is 24.8 Å². The average molecular weight is 219 g/mol. The summed E-state index contributed by atoms with van der Waals surface area (Å²) >= 11 is 0. The molecule has 2 heterocycles. The number of hydrogen-bond acceptors (Lipinski definition) is 3. The molecule has 88 valence electrons. The van der Waals surface area contributed by atoms with Crippen LogP contribution in [-0.4, -0.2) is 17.6 Å². The SMILES string of the molecule is CCC1CCCN1c1cc([C@@H](C)N)ccn1. The molecule has 1 unspecified atom stereocenters. The van der Waals surface area contributed by atoms with Gasteiger partial charge in [0.2, 0.25) is 0 Å². The molecule has 16 heavy (non-hydrogen) atoms. The lowest BCUT2D eigenvalue weighted by Gasteiger charge is -2.25. The summed E-state index contributed by atoms with van der Waals surface area (Å²) in [6.45, 7) is 5.40.